The molecule has 1 aromatic rings. The fourth-order valence-electron chi connectivity index (χ4n) is 2.44. The Bertz CT molecular complexity index is 294. The Balaban J connectivity index is 1.94. The molecule has 19 heavy (non-hydrogen) atoms. The maximum atomic E-state index is 3.64. The summed E-state index contributed by atoms with van der Waals surface area (Å²) >= 11 is 0. The second-order valence-corrected chi connectivity index (χ2v) is 5.65. The van der Waals surface area contributed by atoms with Crippen molar-refractivity contribution in [3.63, 3.8) is 0 Å². The molecule has 0 saturated carbocycles. The Hall–Kier alpha value is -0.820. The summed E-state index contributed by atoms with van der Waals surface area (Å²) in [6, 6.07) is 11.5. The van der Waals surface area contributed by atoms with Crippen LogP contribution in [0.25, 0.3) is 0 Å². The van der Waals surface area contributed by atoms with Crippen LogP contribution in [-0.2, 0) is 6.42 Å². The van der Waals surface area contributed by atoms with Gasteiger partial charge in [0.05, 0.1) is 0 Å². The van der Waals surface area contributed by atoms with Crippen molar-refractivity contribution in [3.05, 3.63) is 35.9 Å². The zero-order valence-electron chi connectivity index (χ0n) is 12.8. The zero-order valence-corrected chi connectivity index (χ0v) is 12.8. The molecule has 0 aliphatic heterocycles. The Kier molecular flexibility index (Phi) is 9.44. The average Bonchev–Trinajstić information content (AvgIpc) is 2.44. The second kappa shape index (κ2) is 11.0. The molecule has 1 heteroatoms. The first kappa shape index (κ1) is 16.2. The summed E-state index contributed by atoms with van der Waals surface area (Å²) in [6.07, 6.45) is 10.7. The van der Waals surface area contributed by atoms with Gasteiger partial charge in [0.25, 0.3) is 0 Å². The number of aryl methyl sites for hydroxylation is 1. The van der Waals surface area contributed by atoms with Crippen molar-refractivity contribution < 1.29 is 0 Å². The van der Waals surface area contributed by atoms with Crippen molar-refractivity contribution in [1.82, 2.24) is 5.32 Å². The van der Waals surface area contributed by atoms with E-state index in [1.807, 2.05) is 0 Å². The minimum atomic E-state index is 0.678. The summed E-state index contributed by atoms with van der Waals surface area (Å²) in [5, 5.41) is 3.64. The standard InChI is InChI=1S/C18H31N/c1-3-4-5-6-8-12-17(2)19-16-11-15-18-13-9-7-10-14-18/h7,9-10,13-14,17,19H,3-6,8,11-12,15-16H2,1-2H3. The van der Waals surface area contributed by atoms with Crippen LogP contribution in [0.15, 0.2) is 30.3 Å². The molecule has 0 fully saturated rings. The van der Waals surface area contributed by atoms with Gasteiger partial charge in [-0.1, -0.05) is 69.4 Å². The summed E-state index contributed by atoms with van der Waals surface area (Å²) in [5.74, 6) is 0. The summed E-state index contributed by atoms with van der Waals surface area (Å²) in [6.45, 7) is 5.74. The molecule has 108 valence electrons. The molecular weight excluding hydrogens is 230 g/mol. The molecule has 0 saturated heterocycles. The topological polar surface area (TPSA) is 12.0 Å². The van der Waals surface area contributed by atoms with Crippen LogP contribution in [0.3, 0.4) is 0 Å². The van der Waals surface area contributed by atoms with Gasteiger partial charge in [0.2, 0.25) is 0 Å². The smallest absolute Gasteiger partial charge is 0.00387 e. The molecule has 1 unspecified atom stereocenters. The summed E-state index contributed by atoms with van der Waals surface area (Å²) in [4.78, 5) is 0. The number of rotatable bonds is 11. The first-order valence-electron chi connectivity index (χ1n) is 8.10. The lowest BCUT2D eigenvalue weighted by atomic mass is 10.1. The average molecular weight is 261 g/mol. The van der Waals surface area contributed by atoms with E-state index in [1.165, 1.54) is 56.9 Å². The monoisotopic (exact) mass is 261 g/mol. The molecular formula is C18H31N. The van der Waals surface area contributed by atoms with E-state index in [-0.39, 0.29) is 0 Å². The Labute approximate surface area is 119 Å². The molecule has 1 atom stereocenters. The van der Waals surface area contributed by atoms with Gasteiger partial charge in [-0.25, -0.2) is 0 Å². The van der Waals surface area contributed by atoms with E-state index >= 15 is 0 Å². The molecule has 0 aliphatic carbocycles. The highest BCUT2D eigenvalue weighted by molar-refractivity contribution is 5.14. The van der Waals surface area contributed by atoms with Crippen LogP contribution in [0, 0.1) is 0 Å². The Morgan fingerprint density at radius 2 is 1.68 bits per heavy atom. The van der Waals surface area contributed by atoms with Crippen LogP contribution in [-0.4, -0.2) is 12.6 Å². The lowest BCUT2D eigenvalue weighted by molar-refractivity contribution is 0.476. The maximum Gasteiger partial charge on any atom is 0.00387 e. The van der Waals surface area contributed by atoms with Crippen molar-refractivity contribution >= 4 is 0 Å². The molecule has 1 aromatic carbocycles. The third-order valence-corrected chi connectivity index (χ3v) is 3.72. The van der Waals surface area contributed by atoms with Crippen molar-refractivity contribution in [2.45, 2.75) is 71.3 Å². The molecule has 0 aliphatic rings. The fourth-order valence-corrected chi connectivity index (χ4v) is 2.44. The van der Waals surface area contributed by atoms with Gasteiger partial charge in [0.1, 0.15) is 0 Å². The van der Waals surface area contributed by atoms with E-state index in [0.29, 0.717) is 6.04 Å². The molecule has 0 amide bonds. The fraction of sp³-hybridized carbons (Fsp3) is 0.667. The van der Waals surface area contributed by atoms with Crippen LogP contribution < -0.4 is 5.32 Å². The number of benzene rings is 1. The molecule has 1 rings (SSSR count). The van der Waals surface area contributed by atoms with Crippen molar-refractivity contribution in [3.8, 4) is 0 Å². The lowest BCUT2D eigenvalue weighted by Crippen LogP contribution is -2.27. The highest BCUT2D eigenvalue weighted by Gasteiger charge is 2.00. The predicted molar refractivity (Wildman–Crippen MR) is 85.6 cm³/mol. The van der Waals surface area contributed by atoms with Crippen LogP contribution >= 0.6 is 0 Å². The van der Waals surface area contributed by atoms with Crippen LogP contribution in [0.5, 0.6) is 0 Å². The van der Waals surface area contributed by atoms with Gasteiger partial charge in [-0.2, -0.15) is 0 Å². The van der Waals surface area contributed by atoms with Gasteiger partial charge in [0, 0.05) is 6.04 Å². The van der Waals surface area contributed by atoms with E-state index in [4.69, 9.17) is 0 Å². The number of hydrogen-bond acceptors (Lipinski definition) is 1. The predicted octanol–water partition coefficient (Wildman–Crippen LogP) is 4.96. The van der Waals surface area contributed by atoms with Crippen LogP contribution in [0.2, 0.25) is 0 Å². The molecule has 1 N–H and O–H groups in total. The van der Waals surface area contributed by atoms with Crippen molar-refractivity contribution in [2.75, 3.05) is 6.54 Å². The SMILES string of the molecule is CCCCCCCC(C)NCCCc1ccccc1. The van der Waals surface area contributed by atoms with E-state index in [1.54, 1.807) is 0 Å². The van der Waals surface area contributed by atoms with Crippen molar-refractivity contribution in [2.24, 2.45) is 0 Å². The first-order chi connectivity index (χ1) is 9.33. The summed E-state index contributed by atoms with van der Waals surface area (Å²) in [5.41, 5.74) is 1.46. The maximum absolute atomic E-state index is 3.64. The van der Waals surface area contributed by atoms with Gasteiger partial charge < -0.3 is 5.32 Å². The quantitative estimate of drug-likeness (QED) is 0.555. The largest absolute Gasteiger partial charge is 0.314 e. The highest BCUT2D eigenvalue weighted by Crippen LogP contribution is 2.07. The minimum absolute atomic E-state index is 0.678. The molecule has 1 nitrogen and oxygen atoms in total. The zero-order chi connectivity index (χ0) is 13.8. The summed E-state index contributed by atoms with van der Waals surface area (Å²) < 4.78 is 0. The van der Waals surface area contributed by atoms with Crippen LogP contribution in [0.1, 0.15) is 64.4 Å². The third-order valence-electron chi connectivity index (χ3n) is 3.72. The Morgan fingerprint density at radius 3 is 2.42 bits per heavy atom. The van der Waals surface area contributed by atoms with E-state index in [2.05, 4.69) is 49.5 Å². The highest BCUT2D eigenvalue weighted by atomic mass is 14.9. The van der Waals surface area contributed by atoms with E-state index in [0.717, 1.165) is 6.54 Å². The molecule has 0 heterocycles. The lowest BCUT2D eigenvalue weighted by Gasteiger charge is -2.13. The number of unbranched alkanes of at least 4 members (excludes halogenated alkanes) is 4. The van der Waals surface area contributed by atoms with E-state index in [9.17, 15) is 0 Å². The number of nitrogens with one attached hydrogen (secondary N) is 1. The van der Waals surface area contributed by atoms with Gasteiger partial charge in [-0.05, 0) is 38.3 Å². The Morgan fingerprint density at radius 1 is 0.947 bits per heavy atom. The molecule has 0 bridgehead atoms. The normalized spacial score (nSPS) is 12.5. The molecule has 0 aromatic heterocycles. The summed E-state index contributed by atoms with van der Waals surface area (Å²) in [7, 11) is 0. The van der Waals surface area contributed by atoms with Gasteiger partial charge in [0.15, 0.2) is 0 Å². The van der Waals surface area contributed by atoms with Gasteiger partial charge in [-0.3, -0.25) is 0 Å². The van der Waals surface area contributed by atoms with Gasteiger partial charge in [-0.15, -0.1) is 0 Å². The minimum Gasteiger partial charge on any atom is -0.314 e. The van der Waals surface area contributed by atoms with Crippen LogP contribution in [0.4, 0.5) is 0 Å². The van der Waals surface area contributed by atoms with Gasteiger partial charge >= 0.3 is 0 Å². The first-order valence-corrected chi connectivity index (χ1v) is 8.10. The number of hydrogen-bond donors (Lipinski definition) is 1. The second-order valence-electron chi connectivity index (χ2n) is 5.65. The molecule has 0 spiro atoms. The van der Waals surface area contributed by atoms with Crippen molar-refractivity contribution in [1.29, 1.82) is 0 Å². The van der Waals surface area contributed by atoms with E-state index < -0.39 is 0 Å². The molecule has 0 radical (unpaired) electrons. The third kappa shape index (κ3) is 8.83.